The van der Waals surface area contributed by atoms with E-state index in [2.05, 4.69) is 6.92 Å². The molecule has 1 atom stereocenters. The minimum Gasteiger partial charge on any atom is -0.338 e. The van der Waals surface area contributed by atoms with Crippen molar-refractivity contribution in [2.24, 2.45) is 11.1 Å². The number of primary sulfonamides is 1. The summed E-state index contributed by atoms with van der Waals surface area (Å²) in [6, 6.07) is 4.55. The van der Waals surface area contributed by atoms with Gasteiger partial charge < -0.3 is 4.90 Å². The number of amides is 1. The number of hydrogen-bond donors (Lipinski definition) is 1. The highest BCUT2D eigenvalue weighted by atomic mass is 32.2. The minimum atomic E-state index is -3.79. The first-order chi connectivity index (χ1) is 9.27. The van der Waals surface area contributed by atoms with Crippen LogP contribution in [0.5, 0.6) is 0 Å². The standard InChI is InChI=1S/C14H20N2O3S/c1-10-4-3-5-16(9-10)14(17)12-6-11(2)7-13(8-12)20(15,18)19/h6-8,10H,3-5,9H2,1-2H3,(H2,15,18,19). The second-order valence-electron chi connectivity index (χ2n) is 5.58. The van der Waals surface area contributed by atoms with Gasteiger partial charge in [0.2, 0.25) is 10.0 Å². The quantitative estimate of drug-likeness (QED) is 0.898. The summed E-state index contributed by atoms with van der Waals surface area (Å²) in [5, 5.41) is 5.14. The predicted molar refractivity (Wildman–Crippen MR) is 76.9 cm³/mol. The molecular formula is C14H20N2O3S. The number of likely N-dealkylation sites (tertiary alicyclic amines) is 1. The van der Waals surface area contributed by atoms with Crippen LogP contribution in [0.25, 0.3) is 0 Å². The Morgan fingerprint density at radius 1 is 1.35 bits per heavy atom. The second-order valence-corrected chi connectivity index (χ2v) is 7.14. The van der Waals surface area contributed by atoms with E-state index in [0.29, 0.717) is 17.0 Å². The molecule has 1 unspecified atom stereocenters. The third-order valence-corrected chi connectivity index (χ3v) is 4.46. The van der Waals surface area contributed by atoms with E-state index in [1.54, 1.807) is 17.9 Å². The zero-order valence-corrected chi connectivity index (χ0v) is 12.6. The highest BCUT2D eigenvalue weighted by molar-refractivity contribution is 7.89. The first-order valence-corrected chi connectivity index (χ1v) is 8.26. The number of aryl methyl sites for hydroxylation is 1. The van der Waals surface area contributed by atoms with E-state index in [0.717, 1.165) is 25.9 Å². The fourth-order valence-corrected chi connectivity index (χ4v) is 3.23. The molecule has 5 nitrogen and oxygen atoms in total. The predicted octanol–water partition coefficient (Wildman–Crippen LogP) is 1.51. The Hall–Kier alpha value is -1.40. The zero-order valence-electron chi connectivity index (χ0n) is 11.8. The van der Waals surface area contributed by atoms with Gasteiger partial charge in [-0.1, -0.05) is 6.92 Å². The average Bonchev–Trinajstić information content (AvgIpc) is 2.36. The van der Waals surface area contributed by atoms with E-state index < -0.39 is 10.0 Å². The molecule has 0 bridgehead atoms. The maximum absolute atomic E-state index is 12.5. The van der Waals surface area contributed by atoms with Crippen molar-refractivity contribution < 1.29 is 13.2 Å². The van der Waals surface area contributed by atoms with Gasteiger partial charge in [-0.2, -0.15) is 0 Å². The van der Waals surface area contributed by atoms with Gasteiger partial charge in [0.15, 0.2) is 0 Å². The molecule has 110 valence electrons. The van der Waals surface area contributed by atoms with Crippen LogP contribution in [0.3, 0.4) is 0 Å². The van der Waals surface area contributed by atoms with Crippen LogP contribution in [-0.2, 0) is 10.0 Å². The molecule has 1 aromatic rings. The van der Waals surface area contributed by atoms with Crippen molar-refractivity contribution >= 4 is 15.9 Å². The lowest BCUT2D eigenvalue weighted by molar-refractivity contribution is 0.0682. The van der Waals surface area contributed by atoms with Gasteiger partial charge in [0.1, 0.15) is 0 Å². The summed E-state index contributed by atoms with van der Waals surface area (Å²) in [5.74, 6) is 0.361. The fourth-order valence-electron chi connectivity index (χ4n) is 2.59. The van der Waals surface area contributed by atoms with Crippen LogP contribution in [0.2, 0.25) is 0 Å². The Bertz CT molecular complexity index is 625. The lowest BCUT2D eigenvalue weighted by Crippen LogP contribution is -2.39. The largest absolute Gasteiger partial charge is 0.338 e. The van der Waals surface area contributed by atoms with Gasteiger partial charge in [0.05, 0.1) is 4.90 Å². The van der Waals surface area contributed by atoms with Gasteiger partial charge >= 0.3 is 0 Å². The van der Waals surface area contributed by atoms with E-state index in [-0.39, 0.29) is 10.8 Å². The molecule has 1 saturated heterocycles. The average molecular weight is 296 g/mol. The molecular weight excluding hydrogens is 276 g/mol. The Kier molecular flexibility index (Phi) is 4.15. The van der Waals surface area contributed by atoms with Gasteiger partial charge in [-0.05, 0) is 49.4 Å². The third-order valence-electron chi connectivity index (χ3n) is 3.57. The lowest BCUT2D eigenvalue weighted by atomic mass is 9.99. The SMILES string of the molecule is Cc1cc(C(=O)N2CCCC(C)C2)cc(S(N)(=O)=O)c1. The molecule has 0 radical (unpaired) electrons. The van der Waals surface area contributed by atoms with E-state index in [1.165, 1.54) is 12.1 Å². The molecule has 1 fully saturated rings. The Morgan fingerprint density at radius 2 is 2.05 bits per heavy atom. The number of carbonyl (C=O) groups is 1. The molecule has 2 rings (SSSR count). The number of benzene rings is 1. The van der Waals surface area contributed by atoms with Crippen LogP contribution in [-0.4, -0.2) is 32.3 Å². The van der Waals surface area contributed by atoms with Gasteiger partial charge in [0.25, 0.3) is 5.91 Å². The number of piperidine rings is 1. The molecule has 1 heterocycles. The molecule has 0 saturated carbocycles. The highest BCUT2D eigenvalue weighted by Crippen LogP contribution is 2.20. The molecule has 20 heavy (non-hydrogen) atoms. The van der Waals surface area contributed by atoms with E-state index >= 15 is 0 Å². The van der Waals surface area contributed by atoms with Crippen molar-refractivity contribution in [1.82, 2.24) is 4.90 Å². The summed E-state index contributed by atoms with van der Waals surface area (Å²) in [7, 11) is -3.79. The molecule has 6 heteroatoms. The lowest BCUT2D eigenvalue weighted by Gasteiger charge is -2.31. The van der Waals surface area contributed by atoms with Crippen molar-refractivity contribution in [2.45, 2.75) is 31.6 Å². The van der Waals surface area contributed by atoms with Gasteiger partial charge in [-0.3, -0.25) is 4.79 Å². The molecule has 2 N–H and O–H groups in total. The topological polar surface area (TPSA) is 80.5 Å². The van der Waals surface area contributed by atoms with E-state index in [1.807, 2.05) is 0 Å². The smallest absolute Gasteiger partial charge is 0.253 e. The molecule has 0 aromatic heterocycles. The maximum atomic E-state index is 12.5. The van der Waals surface area contributed by atoms with Crippen molar-refractivity contribution in [2.75, 3.05) is 13.1 Å². The number of hydrogen-bond acceptors (Lipinski definition) is 3. The summed E-state index contributed by atoms with van der Waals surface area (Å²) in [4.78, 5) is 14.2. The number of sulfonamides is 1. The van der Waals surface area contributed by atoms with Crippen LogP contribution in [0.15, 0.2) is 23.1 Å². The minimum absolute atomic E-state index is 0.00842. The first kappa shape index (κ1) is 15.0. The van der Waals surface area contributed by atoms with Gasteiger partial charge in [0, 0.05) is 18.7 Å². The van der Waals surface area contributed by atoms with Crippen LogP contribution >= 0.6 is 0 Å². The summed E-state index contributed by atoms with van der Waals surface area (Å²) in [5.41, 5.74) is 1.10. The van der Waals surface area contributed by atoms with Gasteiger partial charge in [-0.15, -0.1) is 0 Å². The fraction of sp³-hybridized carbons (Fsp3) is 0.500. The molecule has 1 aromatic carbocycles. The van der Waals surface area contributed by atoms with Crippen LogP contribution in [0.4, 0.5) is 0 Å². The Morgan fingerprint density at radius 3 is 2.65 bits per heavy atom. The monoisotopic (exact) mass is 296 g/mol. The van der Waals surface area contributed by atoms with Crippen LogP contribution in [0, 0.1) is 12.8 Å². The van der Waals surface area contributed by atoms with Crippen LogP contribution in [0.1, 0.15) is 35.7 Å². The number of carbonyl (C=O) groups excluding carboxylic acids is 1. The summed E-state index contributed by atoms with van der Waals surface area (Å²) in [6.07, 6.45) is 2.11. The van der Waals surface area contributed by atoms with Crippen molar-refractivity contribution in [3.8, 4) is 0 Å². The zero-order chi connectivity index (χ0) is 14.9. The van der Waals surface area contributed by atoms with E-state index in [9.17, 15) is 13.2 Å². The second kappa shape index (κ2) is 5.54. The summed E-state index contributed by atoms with van der Waals surface area (Å²) >= 11 is 0. The number of nitrogens with two attached hydrogens (primary N) is 1. The highest BCUT2D eigenvalue weighted by Gasteiger charge is 2.23. The van der Waals surface area contributed by atoms with Crippen LogP contribution < -0.4 is 5.14 Å². The third kappa shape index (κ3) is 3.37. The van der Waals surface area contributed by atoms with Crippen molar-refractivity contribution in [3.05, 3.63) is 29.3 Å². The number of rotatable bonds is 2. The molecule has 1 aliphatic heterocycles. The van der Waals surface area contributed by atoms with Crippen molar-refractivity contribution in [1.29, 1.82) is 0 Å². The molecule has 0 spiro atoms. The maximum Gasteiger partial charge on any atom is 0.253 e. The Balaban J connectivity index is 2.32. The Labute approximate surface area is 119 Å². The van der Waals surface area contributed by atoms with Gasteiger partial charge in [-0.25, -0.2) is 13.6 Å². The first-order valence-electron chi connectivity index (χ1n) is 6.71. The summed E-state index contributed by atoms with van der Waals surface area (Å²) in [6.45, 7) is 5.31. The molecule has 0 aliphatic carbocycles. The molecule has 1 aliphatic rings. The molecule has 1 amide bonds. The number of nitrogens with zero attached hydrogens (tertiary/aromatic N) is 1. The normalized spacial score (nSPS) is 19.9. The summed E-state index contributed by atoms with van der Waals surface area (Å²) < 4.78 is 22.9. The van der Waals surface area contributed by atoms with Crippen molar-refractivity contribution in [3.63, 3.8) is 0 Å². The van der Waals surface area contributed by atoms with E-state index in [4.69, 9.17) is 5.14 Å².